The molecule has 0 N–H and O–H groups in total. The number of hydrogen-bond acceptors (Lipinski definition) is 4. The van der Waals surface area contributed by atoms with Crippen molar-refractivity contribution in [1.29, 1.82) is 0 Å². The van der Waals surface area contributed by atoms with E-state index < -0.39 is 4.92 Å². The van der Waals surface area contributed by atoms with Crippen molar-refractivity contribution in [3.63, 3.8) is 0 Å². The normalized spacial score (nSPS) is 10.5. The Morgan fingerprint density at radius 1 is 1.32 bits per heavy atom. The molecule has 0 aliphatic rings. The molecule has 1 heterocycles. The van der Waals surface area contributed by atoms with Crippen LogP contribution in [0.15, 0.2) is 24.3 Å². The quantitative estimate of drug-likeness (QED) is 0.612. The first-order chi connectivity index (χ1) is 8.91. The predicted octanol–water partition coefficient (Wildman–Crippen LogP) is 2.41. The fourth-order valence-corrected chi connectivity index (χ4v) is 1.79. The van der Waals surface area contributed by atoms with Crippen LogP contribution in [0.2, 0.25) is 0 Å². The number of non-ortho nitro benzene ring substituents is 1. The van der Waals surface area contributed by atoms with E-state index in [9.17, 15) is 14.9 Å². The number of nitro groups is 1. The summed E-state index contributed by atoms with van der Waals surface area (Å²) in [6.45, 7) is 5.50. The second-order valence-electron chi connectivity index (χ2n) is 4.32. The Kier molecular flexibility index (Phi) is 3.16. The predicted molar refractivity (Wildman–Crippen MR) is 69.3 cm³/mol. The summed E-state index contributed by atoms with van der Waals surface area (Å²) in [5, 5.41) is 14.9. The van der Waals surface area contributed by atoms with Gasteiger partial charge in [-0.2, -0.15) is 5.10 Å². The molecule has 0 fully saturated rings. The van der Waals surface area contributed by atoms with E-state index in [1.807, 2.05) is 13.8 Å². The van der Waals surface area contributed by atoms with E-state index in [4.69, 9.17) is 0 Å². The van der Waals surface area contributed by atoms with Crippen molar-refractivity contribution >= 4 is 11.6 Å². The van der Waals surface area contributed by atoms with Crippen LogP contribution in [0, 0.1) is 30.9 Å². The van der Waals surface area contributed by atoms with Gasteiger partial charge < -0.3 is 0 Å². The van der Waals surface area contributed by atoms with Crippen molar-refractivity contribution in [2.24, 2.45) is 0 Å². The van der Waals surface area contributed by atoms with Crippen LogP contribution >= 0.6 is 0 Å². The monoisotopic (exact) mass is 259 g/mol. The van der Waals surface area contributed by atoms with E-state index in [1.165, 1.54) is 22.9 Å². The molecule has 98 valence electrons. The van der Waals surface area contributed by atoms with Crippen molar-refractivity contribution in [3.05, 3.63) is 56.9 Å². The van der Waals surface area contributed by atoms with Gasteiger partial charge in [0.25, 0.3) is 11.6 Å². The second kappa shape index (κ2) is 4.64. The number of nitrogens with zero attached hydrogens (tertiary/aromatic N) is 3. The van der Waals surface area contributed by atoms with Gasteiger partial charge in [-0.15, -0.1) is 0 Å². The van der Waals surface area contributed by atoms with E-state index >= 15 is 0 Å². The van der Waals surface area contributed by atoms with Crippen LogP contribution in [0.4, 0.5) is 5.69 Å². The molecule has 0 amide bonds. The van der Waals surface area contributed by atoms with Crippen LogP contribution in [0.5, 0.6) is 0 Å². The third-order valence-corrected chi connectivity index (χ3v) is 3.15. The molecule has 1 aromatic heterocycles. The third-order valence-electron chi connectivity index (χ3n) is 3.15. The number of carbonyl (C=O) groups is 1. The highest BCUT2D eigenvalue weighted by molar-refractivity contribution is 5.96. The molecule has 1 aromatic carbocycles. The molecule has 0 saturated heterocycles. The number of nitro benzene ring substituents is 1. The van der Waals surface area contributed by atoms with Crippen LogP contribution in [0.3, 0.4) is 0 Å². The summed E-state index contributed by atoms with van der Waals surface area (Å²) in [5.41, 5.74) is 2.60. The third kappa shape index (κ3) is 2.24. The molecule has 6 nitrogen and oxygen atoms in total. The Bertz CT molecular complexity index is 674. The van der Waals surface area contributed by atoms with Gasteiger partial charge in [0, 0.05) is 23.4 Å². The first-order valence-electron chi connectivity index (χ1n) is 5.74. The fourth-order valence-electron chi connectivity index (χ4n) is 1.79. The lowest BCUT2D eigenvalue weighted by molar-refractivity contribution is -0.384. The summed E-state index contributed by atoms with van der Waals surface area (Å²) in [5.74, 6) is -0.364. The van der Waals surface area contributed by atoms with Crippen molar-refractivity contribution in [2.75, 3.05) is 0 Å². The van der Waals surface area contributed by atoms with Gasteiger partial charge in [-0.3, -0.25) is 14.9 Å². The van der Waals surface area contributed by atoms with E-state index in [-0.39, 0.29) is 17.2 Å². The zero-order valence-corrected chi connectivity index (χ0v) is 10.9. The number of aryl methyl sites for hydroxylation is 1. The molecule has 0 bridgehead atoms. The number of aromatic nitrogens is 2. The maximum atomic E-state index is 12.3. The van der Waals surface area contributed by atoms with Crippen molar-refractivity contribution in [2.45, 2.75) is 20.8 Å². The van der Waals surface area contributed by atoms with E-state index in [2.05, 4.69) is 5.10 Å². The average Bonchev–Trinajstić information content (AvgIpc) is 2.66. The Hall–Kier alpha value is -2.50. The summed E-state index contributed by atoms with van der Waals surface area (Å²) >= 11 is 0. The van der Waals surface area contributed by atoms with Crippen LogP contribution in [0.1, 0.15) is 27.3 Å². The largest absolute Gasteiger partial charge is 0.278 e. The van der Waals surface area contributed by atoms with Crippen LogP contribution in [0.25, 0.3) is 0 Å². The van der Waals surface area contributed by atoms with Gasteiger partial charge >= 0.3 is 0 Å². The standard InChI is InChI=1S/C13H13N3O3/c1-8-9(2)14-15(10(8)3)13(17)11-5-4-6-12(7-11)16(18)19/h4-7H,1-3H3. The molecule has 0 aliphatic heterocycles. The summed E-state index contributed by atoms with van der Waals surface area (Å²) < 4.78 is 1.28. The molecular formula is C13H13N3O3. The Morgan fingerprint density at radius 2 is 2.00 bits per heavy atom. The second-order valence-corrected chi connectivity index (χ2v) is 4.32. The molecule has 2 aromatic rings. The highest BCUT2D eigenvalue weighted by Gasteiger charge is 2.17. The molecule has 2 rings (SSSR count). The molecule has 0 radical (unpaired) electrons. The van der Waals surface area contributed by atoms with Crippen LogP contribution < -0.4 is 0 Å². The minimum absolute atomic E-state index is 0.107. The maximum absolute atomic E-state index is 12.3. The number of carbonyl (C=O) groups excluding carboxylic acids is 1. The highest BCUT2D eigenvalue weighted by Crippen LogP contribution is 2.17. The summed E-state index contributed by atoms with van der Waals surface area (Å²) in [6, 6.07) is 5.64. The Morgan fingerprint density at radius 3 is 2.53 bits per heavy atom. The summed E-state index contributed by atoms with van der Waals surface area (Å²) in [7, 11) is 0. The minimum atomic E-state index is -0.525. The van der Waals surface area contributed by atoms with E-state index in [0.29, 0.717) is 0 Å². The topological polar surface area (TPSA) is 78.0 Å². The van der Waals surface area contributed by atoms with E-state index in [0.717, 1.165) is 17.0 Å². The van der Waals surface area contributed by atoms with Gasteiger partial charge in [0.15, 0.2) is 0 Å². The van der Waals surface area contributed by atoms with Gasteiger partial charge in [0.1, 0.15) is 0 Å². The lowest BCUT2D eigenvalue weighted by atomic mass is 10.2. The van der Waals surface area contributed by atoms with Crippen LogP contribution in [-0.4, -0.2) is 20.6 Å². The molecule has 0 atom stereocenters. The molecule has 19 heavy (non-hydrogen) atoms. The smallest absolute Gasteiger partial charge is 0.267 e. The molecule has 0 saturated carbocycles. The van der Waals surface area contributed by atoms with Gasteiger partial charge in [0.2, 0.25) is 0 Å². The van der Waals surface area contributed by atoms with Gasteiger partial charge in [-0.1, -0.05) is 6.07 Å². The lowest BCUT2D eigenvalue weighted by Crippen LogP contribution is -2.15. The molecule has 0 spiro atoms. The maximum Gasteiger partial charge on any atom is 0.278 e. The summed E-state index contributed by atoms with van der Waals surface area (Å²) in [4.78, 5) is 22.5. The average molecular weight is 259 g/mol. The van der Waals surface area contributed by atoms with Crippen molar-refractivity contribution < 1.29 is 9.72 Å². The number of benzene rings is 1. The Balaban J connectivity index is 2.47. The summed E-state index contributed by atoms with van der Waals surface area (Å²) in [6.07, 6.45) is 0. The van der Waals surface area contributed by atoms with Crippen LogP contribution in [-0.2, 0) is 0 Å². The first-order valence-corrected chi connectivity index (χ1v) is 5.74. The van der Waals surface area contributed by atoms with Crippen molar-refractivity contribution in [3.8, 4) is 0 Å². The molecule has 0 unspecified atom stereocenters. The first kappa shape index (κ1) is 12.9. The zero-order valence-electron chi connectivity index (χ0n) is 10.9. The van der Waals surface area contributed by atoms with Gasteiger partial charge in [0.05, 0.1) is 10.6 Å². The fraction of sp³-hybridized carbons (Fsp3) is 0.231. The minimum Gasteiger partial charge on any atom is -0.267 e. The van der Waals surface area contributed by atoms with E-state index in [1.54, 1.807) is 13.0 Å². The number of rotatable bonds is 2. The molecule has 6 heteroatoms. The molecule has 0 aliphatic carbocycles. The Labute approximate surface area is 109 Å². The van der Waals surface area contributed by atoms with Gasteiger partial charge in [-0.25, -0.2) is 4.68 Å². The van der Waals surface area contributed by atoms with Gasteiger partial charge in [-0.05, 0) is 32.4 Å². The molecular weight excluding hydrogens is 246 g/mol. The lowest BCUT2D eigenvalue weighted by Gasteiger charge is -2.03. The SMILES string of the molecule is Cc1nn(C(=O)c2cccc([N+](=O)[O-])c2)c(C)c1C. The number of hydrogen-bond donors (Lipinski definition) is 0. The zero-order chi connectivity index (χ0) is 14.2. The highest BCUT2D eigenvalue weighted by atomic mass is 16.6. The van der Waals surface area contributed by atoms with Crippen molar-refractivity contribution in [1.82, 2.24) is 9.78 Å².